The van der Waals surface area contributed by atoms with Gasteiger partial charge in [0.1, 0.15) is 0 Å². The minimum Gasteiger partial charge on any atom is -0.459 e. The predicted octanol–water partition coefficient (Wildman–Crippen LogP) is 2.21. The lowest BCUT2D eigenvalue weighted by atomic mass is 9.86. The van der Waals surface area contributed by atoms with E-state index < -0.39 is 0 Å². The molecule has 1 aliphatic heterocycles. The van der Waals surface area contributed by atoms with Crippen LogP contribution in [0.25, 0.3) is 0 Å². The summed E-state index contributed by atoms with van der Waals surface area (Å²) in [6.07, 6.45) is 1.48. The molecule has 1 aromatic heterocycles. The van der Waals surface area contributed by atoms with Crippen LogP contribution >= 0.6 is 0 Å². The van der Waals surface area contributed by atoms with Crippen molar-refractivity contribution >= 4 is 11.8 Å². The van der Waals surface area contributed by atoms with Crippen molar-refractivity contribution < 1.29 is 18.7 Å². The van der Waals surface area contributed by atoms with Gasteiger partial charge in [-0.05, 0) is 30.2 Å². The third-order valence-electron chi connectivity index (χ3n) is 4.87. The number of benzene rings is 1. The van der Waals surface area contributed by atoms with Gasteiger partial charge < -0.3 is 19.4 Å². The number of hydrogen-bond acceptors (Lipinski definition) is 4. The summed E-state index contributed by atoms with van der Waals surface area (Å²) < 4.78 is 10.2. The standard InChI is InChI=1S/C20H24N2O4/c1-14-6-3-4-7-15(14)16-12-22(20(24)18-8-5-10-26-18)13-17(16)19(23)21-9-11-25-2/h3-8,10,16-17H,9,11-13H2,1-2H3,(H,21,23). The minimum atomic E-state index is -0.299. The summed E-state index contributed by atoms with van der Waals surface area (Å²) in [6.45, 7) is 3.82. The van der Waals surface area contributed by atoms with Crippen molar-refractivity contribution in [2.24, 2.45) is 5.92 Å². The number of amides is 2. The van der Waals surface area contributed by atoms with Crippen LogP contribution in [-0.2, 0) is 9.53 Å². The fourth-order valence-corrected chi connectivity index (χ4v) is 3.52. The number of hydrogen-bond donors (Lipinski definition) is 1. The van der Waals surface area contributed by atoms with E-state index in [-0.39, 0.29) is 23.7 Å². The quantitative estimate of drug-likeness (QED) is 0.806. The molecule has 2 unspecified atom stereocenters. The summed E-state index contributed by atoms with van der Waals surface area (Å²) in [5, 5.41) is 2.91. The van der Waals surface area contributed by atoms with Gasteiger partial charge in [0, 0.05) is 32.7 Å². The number of nitrogens with zero attached hydrogens (tertiary/aromatic N) is 1. The Morgan fingerprint density at radius 2 is 2.04 bits per heavy atom. The van der Waals surface area contributed by atoms with E-state index in [0.29, 0.717) is 32.0 Å². The molecular weight excluding hydrogens is 332 g/mol. The Morgan fingerprint density at radius 3 is 2.73 bits per heavy atom. The third kappa shape index (κ3) is 3.80. The third-order valence-corrected chi connectivity index (χ3v) is 4.87. The second-order valence-electron chi connectivity index (χ2n) is 6.54. The lowest BCUT2D eigenvalue weighted by Crippen LogP contribution is -2.37. The van der Waals surface area contributed by atoms with Gasteiger partial charge in [0.25, 0.3) is 5.91 Å². The fraction of sp³-hybridized carbons (Fsp3) is 0.400. The highest BCUT2D eigenvalue weighted by atomic mass is 16.5. The van der Waals surface area contributed by atoms with E-state index in [2.05, 4.69) is 5.32 Å². The van der Waals surface area contributed by atoms with Gasteiger partial charge in [-0.2, -0.15) is 0 Å². The molecule has 138 valence electrons. The Kier molecular flexibility index (Phi) is 5.73. The monoisotopic (exact) mass is 356 g/mol. The molecule has 0 radical (unpaired) electrons. The van der Waals surface area contributed by atoms with E-state index in [9.17, 15) is 9.59 Å². The van der Waals surface area contributed by atoms with Gasteiger partial charge in [0.2, 0.25) is 5.91 Å². The molecule has 1 saturated heterocycles. The molecule has 1 aliphatic rings. The number of likely N-dealkylation sites (tertiary alicyclic amines) is 1. The van der Waals surface area contributed by atoms with Gasteiger partial charge >= 0.3 is 0 Å². The van der Waals surface area contributed by atoms with Crippen molar-refractivity contribution in [2.75, 3.05) is 33.4 Å². The van der Waals surface area contributed by atoms with Crippen LogP contribution in [0.2, 0.25) is 0 Å². The first-order valence-corrected chi connectivity index (χ1v) is 8.76. The molecule has 6 nitrogen and oxygen atoms in total. The molecule has 1 N–H and O–H groups in total. The van der Waals surface area contributed by atoms with Crippen molar-refractivity contribution in [1.82, 2.24) is 10.2 Å². The first-order valence-electron chi connectivity index (χ1n) is 8.76. The number of furan rings is 1. The van der Waals surface area contributed by atoms with Gasteiger partial charge in [-0.25, -0.2) is 0 Å². The van der Waals surface area contributed by atoms with Gasteiger partial charge in [-0.3, -0.25) is 9.59 Å². The van der Waals surface area contributed by atoms with Crippen molar-refractivity contribution in [3.8, 4) is 0 Å². The molecule has 2 amide bonds. The molecule has 2 heterocycles. The first kappa shape index (κ1) is 18.2. The molecule has 2 aromatic rings. The minimum absolute atomic E-state index is 0.0438. The van der Waals surface area contributed by atoms with Crippen molar-refractivity contribution in [1.29, 1.82) is 0 Å². The summed E-state index contributed by atoms with van der Waals surface area (Å²) >= 11 is 0. The van der Waals surface area contributed by atoms with Gasteiger partial charge in [0.15, 0.2) is 5.76 Å². The average Bonchev–Trinajstić information content (AvgIpc) is 3.32. The highest BCUT2D eigenvalue weighted by Gasteiger charge is 2.41. The summed E-state index contributed by atoms with van der Waals surface area (Å²) in [5.41, 5.74) is 2.23. The van der Waals surface area contributed by atoms with Crippen LogP contribution in [0.1, 0.15) is 27.6 Å². The zero-order chi connectivity index (χ0) is 18.5. The Hall–Kier alpha value is -2.60. The molecule has 0 bridgehead atoms. The number of ether oxygens (including phenoxy) is 1. The van der Waals surface area contributed by atoms with Crippen LogP contribution in [0, 0.1) is 12.8 Å². The van der Waals surface area contributed by atoms with E-state index in [0.717, 1.165) is 11.1 Å². The van der Waals surface area contributed by atoms with Gasteiger partial charge in [-0.15, -0.1) is 0 Å². The topological polar surface area (TPSA) is 71.8 Å². The van der Waals surface area contributed by atoms with Crippen molar-refractivity contribution in [3.63, 3.8) is 0 Å². The maximum absolute atomic E-state index is 12.7. The molecular formula is C20H24N2O4. The summed E-state index contributed by atoms with van der Waals surface area (Å²) in [4.78, 5) is 27.1. The number of carbonyl (C=O) groups is 2. The van der Waals surface area contributed by atoms with Crippen LogP contribution in [0.15, 0.2) is 47.1 Å². The molecule has 1 fully saturated rings. The molecule has 6 heteroatoms. The zero-order valence-electron chi connectivity index (χ0n) is 15.1. The molecule has 26 heavy (non-hydrogen) atoms. The van der Waals surface area contributed by atoms with Gasteiger partial charge in [-0.1, -0.05) is 24.3 Å². The zero-order valence-corrected chi connectivity index (χ0v) is 15.1. The summed E-state index contributed by atoms with van der Waals surface area (Å²) in [6, 6.07) is 11.4. The molecule has 0 spiro atoms. The Balaban J connectivity index is 1.82. The maximum Gasteiger partial charge on any atom is 0.289 e. The smallest absolute Gasteiger partial charge is 0.289 e. The van der Waals surface area contributed by atoms with Crippen molar-refractivity contribution in [2.45, 2.75) is 12.8 Å². The maximum atomic E-state index is 12.7. The predicted molar refractivity (Wildman–Crippen MR) is 96.9 cm³/mol. The highest BCUT2D eigenvalue weighted by Crippen LogP contribution is 2.35. The van der Waals surface area contributed by atoms with E-state index in [1.165, 1.54) is 6.26 Å². The van der Waals surface area contributed by atoms with Crippen LogP contribution in [0.3, 0.4) is 0 Å². The number of carbonyl (C=O) groups excluding carboxylic acids is 2. The number of aryl methyl sites for hydroxylation is 1. The second-order valence-corrected chi connectivity index (χ2v) is 6.54. The second kappa shape index (κ2) is 8.19. The van der Waals surface area contributed by atoms with Crippen LogP contribution in [0.5, 0.6) is 0 Å². The molecule has 0 aliphatic carbocycles. The van der Waals surface area contributed by atoms with E-state index in [1.807, 2.05) is 31.2 Å². The number of methoxy groups -OCH3 is 1. The average molecular weight is 356 g/mol. The number of nitrogens with one attached hydrogen (secondary N) is 1. The van der Waals surface area contributed by atoms with E-state index >= 15 is 0 Å². The van der Waals surface area contributed by atoms with Crippen LogP contribution < -0.4 is 5.32 Å². The fourth-order valence-electron chi connectivity index (χ4n) is 3.52. The SMILES string of the molecule is COCCNC(=O)C1CN(C(=O)c2ccco2)CC1c1ccccc1C. The first-order chi connectivity index (χ1) is 12.6. The van der Waals surface area contributed by atoms with E-state index in [4.69, 9.17) is 9.15 Å². The van der Waals surface area contributed by atoms with Crippen molar-refractivity contribution in [3.05, 3.63) is 59.5 Å². The summed E-state index contributed by atoms with van der Waals surface area (Å²) in [7, 11) is 1.60. The molecule has 0 saturated carbocycles. The largest absolute Gasteiger partial charge is 0.459 e. The lowest BCUT2D eigenvalue weighted by molar-refractivity contribution is -0.125. The molecule has 1 aromatic carbocycles. The molecule has 3 rings (SSSR count). The van der Waals surface area contributed by atoms with Crippen LogP contribution in [0.4, 0.5) is 0 Å². The van der Waals surface area contributed by atoms with Crippen LogP contribution in [-0.4, -0.2) is 50.1 Å². The Morgan fingerprint density at radius 1 is 1.23 bits per heavy atom. The Labute approximate surface area is 153 Å². The lowest BCUT2D eigenvalue weighted by Gasteiger charge is -2.19. The normalized spacial score (nSPS) is 19.5. The Bertz CT molecular complexity index is 757. The van der Waals surface area contributed by atoms with Gasteiger partial charge in [0.05, 0.1) is 18.8 Å². The summed E-state index contributed by atoms with van der Waals surface area (Å²) in [5.74, 6) is -0.274. The van der Waals surface area contributed by atoms with E-state index in [1.54, 1.807) is 24.1 Å². The highest BCUT2D eigenvalue weighted by molar-refractivity contribution is 5.92. The number of rotatable bonds is 6. The molecule has 2 atom stereocenters.